The van der Waals surface area contributed by atoms with Crippen LogP contribution in [0.4, 0.5) is 0 Å². The summed E-state index contributed by atoms with van der Waals surface area (Å²) in [6.45, 7) is 2.24. The minimum atomic E-state index is 0. The SMILES string of the molecule is C(=C\[C@H]1CCNC1)/c1cncnc1.O.O. The monoisotopic (exact) mass is 211 g/mol. The number of nitrogens with one attached hydrogen (secondary N) is 1. The van der Waals surface area contributed by atoms with Gasteiger partial charge in [-0.25, -0.2) is 9.97 Å². The molecule has 5 nitrogen and oxygen atoms in total. The van der Waals surface area contributed by atoms with Gasteiger partial charge in [-0.15, -0.1) is 0 Å². The van der Waals surface area contributed by atoms with Gasteiger partial charge in [0.15, 0.2) is 0 Å². The first kappa shape index (κ1) is 13.7. The average molecular weight is 211 g/mol. The molecule has 0 amide bonds. The zero-order valence-corrected chi connectivity index (χ0v) is 8.48. The van der Waals surface area contributed by atoms with Crippen LogP contribution in [0.1, 0.15) is 12.0 Å². The van der Waals surface area contributed by atoms with Crippen molar-refractivity contribution in [1.29, 1.82) is 0 Å². The summed E-state index contributed by atoms with van der Waals surface area (Å²) in [5.41, 5.74) is 1.08. The first-order chi connectivity index (χ1) is 6.45. The summed E-state index contributed by atoms with van der Waals surface area (Å²) in [7, 11) is 0. The summed E-state index contributed by atoms with van der Waals surface area (Å²) >= 11 is 0. The van der Waals surface area contributed by atoms with Crippen LogP contribution in [0.25, 0.3) is 6.08 Å². The van der Waals surface area contributed by atoms with E-state index in [4.69, 9.17) is 0 Å². The second-order valence-corrected chi connectivity index (χ2v) is 3.28. The van der Waals surface area contributed by atoms with Crippen LogP contribution in [0.2, 0.25) is 0 Å². The Hall–Kier alpha value is -1.30. The van der Waals surface area contributed by atoms with Crippen LogP contribution < -0.4 is 5.32 Å². The maximum Gasteiger partial charge on any atom is 0.115 e. The third-order valence-electron chi connectivity index (χ3n) is 2.24. The summed E-state index contributed by atoms with van der Waals surface area (Å²) in [4.78, 5) is 7.90. The number of hydrogen-bond acceptors (Lipinski definition) is 3. The van der Waals surface area contributed by atoms with Crippen molar-refractivity contribution in [3.8, 4) is 0 Å². The summed E-state index contributed by atoms with van der Waals surface area (Å²) in [5, 5.41) is 3.33. The molecule has 1 aliphatic rings. The van der Waals surface area contributed by atoms with E-state index in [0.29, 0.717) is 5.92 Å². The Morgan fingerprint density at radius 1 is 1.27 bits per heavy atom. The molecule has 2 heterocycles. The van der Waals surface area contributed by atoms with Crippen molar-refractivity contribution >= 4 is 6.08 Å². The van der Waals surface area contributed by atoms with E-state index in [9.17, 15) is 0 Å². The standard InChI is InChI=1S/C10H13N3.2H2O/c1(9-3-4-11-5-9)2-10-6-12-8-13-7-10;;/h1-2,6-9,11H,3-5H2;2*1H2/b2-1+;;/t9-;;/m0../s1. The molecule has 1 saturated heterocycles. The zero-order chi connectivity index (χ0) is 8.93. The first-order valence-corrected chi connectivity index (χ1v) is 4.59. The predicted octanol–water partition coefficient (Wildman–Crippen LogP) is -0.550. The molecule has 5 N–H and O–H groups in total. The Morgan fingerprint density at radius 2 is 2.00 bits per heavy atom. The van der Waals surface area contributed by atoms with Crippen LogP contribution in [0.5, 0.6) is 0 Å². The molecule has 5 heteroatoms. The lowest BCUT2D eigenvalue weighted by Crippen LogP contribution is -2.07. The third kappa shape index (κ3) is 4.16. The topological polar surface area (TPSA) is 101 Å². The highest BCUT2D eigenvalue weighted by molar-refractivity contribution is 5.46. The third-order valence-corrected chi connectivity index (χ3v) is 2.24. The summed E-state index contributed by atoms with van der Waals surface area (Å²) in [5.74, 6) is 0.681. The lowest BCUT2D eigenvalue weighted by Gasteiger charge is -1.98. The van der Waals surface area contributed by atoms with Gasteiger partial charge < -0.3 is 16.3 Å². The fraction of sp³-hybridized carbons (Fsp3) is 0.400. The van der Waals surface area contributed by atoms with E-state index < -0.39 is 0 Å². The number of rotatable bonds is 2. The minimum absolute atomic E-state index is 0. The molecule has 84 valence electrons. The largest absolute Gasteiger partial charge is 0.412 e. The molecular weight excluding hydrogens is 194 g/mol. The van der Waals surface area contributed by atoms with Crippen molar-refractivity contribution in [2.75, 3.05) is 13.1 Å². The van der Waals surface area contributed by atoms with Gasteiger partial charge in [-0.2, -0.15) is 0 Å². The summed E-state index contributed by atoms with van der Waals surface area (Å²) < 4.78 is 0. The maximum atomic E-state index is 3.95. The van der Waals surface area contributed by atoms with Crippen molar-refractivity contribution in [3.63, 3.8) is 0 Å². The minimum Gasteiger partial charge on any atom is -0.412 e. The molecule has 2 rings (SSSR count). The molecule has 0 unspecified atom stereocenters. The normalized spacial score (nSPS) is 19.6. The van der Waals surface area contributed by atoms with Gasteiger partial charge in [-0.3, -0.25) is 0 Å². The van der Waals surface area contributed by atoms with Gasteiger partial charge in [0.1, 0.15) is 6.33 Å². The van der Waals surface area contributed by atoms with Crippen LogP contribution in [-0.2, 0) is 0 Å². The van der Waals surface area contributed by atoms with E-state index >= 15 is 0 Å². The molecule has 1 aromatic rings. The molecule has 1 aliphatic heterocycles. The molecule has 0 aromatic carbocycles. The van der Waals surface area contributed by atoms with Crippen LogP contribution >= 0.6 is 0 Å². The Morgan fingerprint density at radius 3 is 2.60 bits per heavy atom. The Kier molecular flexibility index (Phi) is 6.44. The Labute approximate surface area is 88.9 Å². The van der Waals surface area contributed by atoms with Crippen LogP contribution in [0.3, 0.4) is 0 Å². The van der Waals surface area contributed by atoms with Gasteiger partial charge in [-0.05, 0) is 18.9 Å². The fourth-order valence-electron chi connectivity index (χ4n) is 1.49. The fourth-order valence-corrected chi connectivity index (χ4v) is 1.49. The van der Waals surface area contributed by atoms with Crippen LogP contribution in [0, 0.1) is 5.92 Å². The van der Waals surface area contributed by atoms with Crippen molar-refractivity contribution in [2.24, 2.45) is 5.92 Å². The van der Waals surface area contributed by atoms with E-state index in [1.165, 1.54) is 6.42 Å². The van der Waals surface area contributed by atoms with E-state index in [-0.39, 0.29) is 11.0 Å². The second kappa shape index (κ2) is 7.05. The molecule has 15 heavy (non-hydrogen) atoms. The van der Waals surface area contributed by atoms with Crippen LogP contribution in [-0.4, -0.2) is 34.0 Å². The lowest BCUT2D eigenvalue weighted by atomic mass is 10.1. The molecule has 1 aromatic heterocycles. The van der Waals surface area contributed by atoms with Gasteiger partial charge >= 0.3 is 0 Å². The number of aromatic nitrogens is 2. The quantitative estimate of drug-likeness (QED) is 0.710. The zero-order valence-electron chi connectivity index (χ0n) is 8.48. The second-order valence-electron chi connectivity index (χ2n) is 3.28. The molecule has 1 fully saturated rings. The van der Waals surface area contributed by atoms with Gasteiger partial charge in [0.05, 0.1) is 0 Å². The molecule has 0 saturated carbocycles. The highest BCUT2D eigenvalue weighted by Gasteiger charge is 2.09. The average Bonchev–Trinajstić information content (AvgIpc) is 2.69. The van der Waals surface area contributed by atoms with Crippen molar-refractivity contribution in [1.82, 2.24) is 15.3 Å². The predicted molar refractivity (Wildman–Crippen MR) is 59.3 cm³/mol. The van der Waals surface area contributed by atoms with E-state index in [0.717, 1.165) is 18.7 Å². The molecular formula is C10H17N3O2. The maximum absolute atomic E-state index is 3.95. The molecule has 0 radical (unpaired) electrons. The molecule has 0 aliphatic carbocycles. The Balaban J connectivity index is 0.000000980. The summed E-state index contributed by atoms with van der Waals surface area (Å²) in [6, 6.07) is 0. The molecule has 0 spiro atoms. The van der Waals surface area contributed by atoms with E-state index in [1.807, 2.05) is 12.4 Å². The van der Waals surface area contributed by atoms with Crippen molar-refractivity contribution in [2.45, 2.75) is 6.42 Å². The lowest BCUT2D eigenvalue weighted by molar-refractivity contribution is 0.731. The van der Waals surface area contributed by atoms with Gasteiger partial charge in [0.2, 0.25) is 0 Å². The van der Waals surface area contributed by atoms with Crippen molar-refractivity contribution in [3.05, 3.63) is 30.4 Å². The Bertz CT molecular complexity index is 284. The number of hydrogen-bond donors (Lipinski definition) is 1. The highest BCUT2D eigenvalue weighted by atomic mass is 16.0. The van der Waals surface area contributed by atoms with E-state index in [1.54, 1.807) is 6.33 Å². The van der Waals surface area contributed by atoms with E-state index in [2.05, 4.69) is 27.4 Å². The highest BCUT2D eigenvalue weighted by Crippen LogP contribution is 2.10. The van der Waals surface area contributed by atoms with Crippen LogP contribution in [0.15, 0.2) is 24.8 Å². The van der Waals surface area contributed by atoms with Gasteiger partial charge in [0.25, 0.3) is 0 Å². The van der Waals surface area contributed by atoms with Crippen molar-refractivity contribution < 1.29 is 11.0 Å². The smallest absolute Gasteiger partial charge is 0.115 e. The summed E-state index contributed by atoms with van der Waals surface area (Å²) in [6.07, 6.45) is 10.8. The number of nitrogens with zero attached hydrogens (tertiary/aromatic N) is 2. The first-order valence-electron chi connectivity index (χ1n) is 4.59. The van der Waals surface area contributed by atoms with Gasteiger partial charge in [-0.1, -0.05) is 12.2 Å². The molecule has 1 atom stereocenters. The molecule has 0 bridgehead atoms. The van der Waals surface area contributed by atoms with Gasteiger partial charge in [0, 0.05) is 24.5 Å².